The zero-order valence-corrected chi connectivity index (χ0v) is 7.41. The standard InChI is InChI=1S/C11H10O2/c1-2-13-11(12)10-8-6-4-3-5-7-9(8)10/h3-7H,2H2,1H3. The van der Waals surface area contributed by atoms with Crippen molar-refractivity contribution >= 4 is 5.97 Å². The minimum Gasteiger partial charge on any atom is -0.462 e. The number of hydrogen-bond donors (Lipinski definition) is 0. The third kappa shape index (κ3) is 1.35. The van der Waals surface area contributed by atoms with E-state index in [1.165, 1.54) is 0 Å². The van der Waals surface area contributed by atoms with Gasteiger partial charge >= 0.3 is 5.97 Å². The Labute approximate surface area is 76.9 Å². The largest absolute Gasteiger partial charge is 0.462 e. The molecule has 0 aliphatic heterocycles. The summed E-state index contributed by atoms with van der Waals surface area (Å²) in [7, 11) is 0. The molecule has 0 spiro atoms. The number of carbonyl (C=O) groups is 1. The van der Waals surface area contributed by atoms with Crippen LogP contribution < -0.4 is 0 Å². The summed E-state index contributed by atoms with van der Waals surface area (Å²) in [5.74, 6) is -0.205. The number of carbonyl (C=O) groups excluding carboxylic acids is 1. The Morgan fingerprint density at radius 1 is 1.38 bits per heavy atom. The molecular weight excluding hydrogens is 164 g/mol. The van der Waals surface area contributed by atoms with Gasteiger partial charge in [0.15, 0.2) is 0 Å². The van der Waals surface area contributed by atoms with E-state index in [4.69, 9.17) is 4.74 Å². The zero-order chi connectivity index (χ0) is 9.26. The van der Waals surface area contributed by atoms with Gasteiger partial charge in [-0.15, -0.1) is 0 Å². The Morgan fingerprint density at radius 2 is 2.23 bits per heavy atom. The predicted molar refractivity (Wildman–Crippen MR) is 50.0 cm³/mol. The average Bonchev–Trinajstić information content (AvgIpc) is 2.77. The number of rotatable bonds is 2. The molecule has 0 fully saturated rings. The Morgan fingerprint density at radius 3 is 3.00 bits per heavy atom. The van der Waals surface area contributed by atoms with E-state index in [1.54, 1.807) is 0 Å². The van der Waals surface area contributed by atoms with Gasteiger partial charge in [-0.2, -0.15) is 0 Å². The van der Waals surface area contributed by atoms with Gasteiger partial charge in [0.2, 0.25) is 0 Å². The highest BCUT2D eigenvalue weighted by Gasteiger charge is 2.34. The summed E-state index contributed by atoms with van der Waals surface area (Å²) in [5.41, 5.74) is 2.77. The molecule has 0 aromatic carbocycles. The van der Waals surface area contributed by atoms with Crippen molar-refractivity contribution in [2.75, 3.05) is 6.61 Å². The Kier molecular flexibility index (Phi) is 1.89. The van der Waals surface area contributed by atoms with Gasteiger partial charge in [-0.1, -0.05) is 30.4 Å². The second-order valence-corrected chi connectivity index (χ2v) is 2.83. The molecule has 0 aromatic heterocycles. The Bertz CT molecular complexity index is 368. The van der Waals surface area contributed by atoms with Gasteiger partial charge in [0.1, 0.15) is 0 Å². The molecule has 0 aromatic rings. The quantitative estimate of drug-likeness (QED) is 0.598. The first-order chi connectivity index (χ1) is 6.34. The summed E-state index contributed by atoms with van der Waals surface area (Å²) in [5, 5.41) is 0. The number of fused-ring (bicyclic) bond motifs is 1. The molecule has 0 saturated carbocycles. The second-order valence-electron chi connectivity index (χ2n) is 2.83. The fourth-order valence-electron chi connectivity index (χ4n) is 1.35. The predicted octanol–water partition coefficient (Wildman–Crippen LogP) is 1.91. The van der Waals surface area contributed by atoms with Crippen molar-refractivity contribution in [3.8, 4) is 0 Å². The van der Waals surface area contributed by atoms with Crippen LogP contribution in [0.25, 0.3) is 0 Å². The fraction of sp³-hybridized carbons (Fsp3) is 0.182. The Balaban J connectivity index is 2.17. The molecule has 2 aliphatic carbocycles. The van der Waals surface area contributed by atoms with Gasteiger partial charge in [0.25, 0.3) is 0 Å². The lowest BCUT2D eigenvalue weighted by Gasteiger charge is -1.94. The SMILES string of the molecule is CCOC(=O)C1=C2C=CC=CC=C21. The van der Waals surface area contributed by atoms with E-state index < -0.39 is 0 Å². The molecule has 0 saturated heterocycles. The monoisotopic (exact) mass is 174 g/mol. The molecular formula is C11H10O2. The molecule has 0 bridgehead atoms. The van der Waals surface area contributed by atoms with Gasteiger partial charge in [0, 0.05) is 0 Å². The third-order valence-electron chi connectivity index (χ3n) is 1.99. The maximum Gasteiger partial charge on any atom is 0.339 e. The Hall–Kier alpha value is -1.57. The summed E-state index contributed by atoms with van der Waals surface area (Å²) in [6, 6.07) is 0. The molecule has 66 valence electrons. The van der Waals surface area contributed by atoms with Crippen molar-refractivity contribution in [1.82, 2.24) is 0 Å². The molecule has 0 unspecified atom stereocenters. The average molecular weight is 174 g/mol. The molecule has 0 heterocycles. The number of ether oxygens (including phenoxy) is 1. The van der Waals surface area contributed by atoms with Crippen LogP contribution in [-0.2, 0) is 9.53 Å². The maximum atomic E-state index is 11.3. The normalized spacial score (nSPS) is 17.8. The molecule has 2 nitrogen and oxygen atoms in total. The molecule has 0 atom stereocenters. The van der Waals surface area contributed by atoms with E-state index in [1.807, 2.05) is 37.3 Å². The van der Waals surface area contributed by atoms with Crippen LogP contribution in [0.4, 0.5) is 0 Å². The van der Waals surface area contributed by atoms with Crippen LogP contribution in [0.3, 0.4) is 0 Å². The van der Waals surface area contributed by atoms with Crippen molar-refractivity contribution < 1.29 is 9.53 Å². The molecule has 0 radical (unpaired) electrons. The summed E-state index contributed by atoms with van der Waals surface area (Å²) < 4.78 is 4.90. The van der Waals surface area contributed by atoms with Gasteiger partial charge in [0.05, 0.1) is 12.2 Å². The van der Waals surface area contributed by atoms with Crippen LogP contribution in [0.15, 0.2) is 47.1 Å². The molecule has 2 heteroatoms. The molecule has 0 amide bonds. The fourth-order valence-corrected chi connectivity index (χ4v) is 1.35. The van der Waals surface area contributed by atoms with Crippen molar-refractivity contribution in [3.05, 3.63) is 47.1 Å². The van der Waals surface area contributed by atoms with Gasteiger partial charge in [-0.05, 0) is 18.1 Å². The molecule has 13 heavy (non-hydrogen) atoms. The molecule has 0 N–H and O–H groups in total. The highest BCUT2D eigenvalue weighted by molar-refractivity contribution is 6.06. The van der Waals surface area contributed by atoms with Crippen LogP contribution in [-0.4, -0.2) is 12.6 Å². The van der Waals surface area contributed by atoms with Crippen LogP contribution in [0.2, 0.25) is 0 Å². The van der Waals surface area contributed by atoms with E-state index in [0.717, 1.165) is 16.7 Å². The first-order valence-corrected chi connectivity index (χ1v) is 4.31. The van der Waals surface area contributed by atoms with Crippen LogP contribution in [0.1, 0.15) is 6.92 Å². The van der Waals surface area contributed by atoms with Gasteiger partial charge in [-0.3, -0.25) is 0 Å². The lowest BCUT2D eigenvalue weighted by molar-refractivity contribution is -0.137. The highest BCUT2D eigenvalue weighted by Crippen LogP contribution is 2.41. The zero-order valence-electron chi connectivity index (χ0n) is 7.41. The van der Waals surface area contributed by atoms with Gasteiger partial charge < -0.3 is 4.74 Å². The lowest BCUT2D eigenvalue weighted by atomic mass is 10.3. The number of hydrogen-bond acceptors (Lipinski definition) is 2. The van der Waals surface area contributed by atoms with Crippen molar-refractivity contribution in [2.24, 2.45) is 0 Å². The van der Waals surface area contributed by atoms with Gasteiger partial charge in [-0.25, -0.2) is 4.79 Å². The highest BCUT2D eigenvalue weighted by atomic mass is 16.5. The number of allylic oxidation sites excluding steroid dienone is 6. The van der Waals surface area contributed by atoms with Crippen molar-refractivity contribution in [2.45, 2.75) is 6.92 Å². The minimum absolute atomic E-state index is 0.205. The summed E-state index contributed by atoms with van der Waals surface area (Å²) in [6.07, 6.45) is 9.65. The smallest absolute Gasteiger partial charge is 0.339 e. The van der Waals surface area contributed by atoms with Crippen molar-refractivity contribution in [1.29, 1.82) is 0 Å². The van der Waals surface area contributed by atoms with Crippen LogP contribution >= 0.6 is 0 Å². The van der Waals surface area contributed by atoms with E-state index in [0.29, 0.717) is 6.61 Å². The summed E-state index contributed by atoms with van der Waals surface area (Å²) in [4.78, 5) is 11.3. The first-order valence-electron chi connectivity index (χ1n) is 4.31. The van der Waals surface area contributed by atoms with Crippen molar-refractivity contribution in [3.63, 3.8) is 0 Å². The summed E-state index contributed by atoms with van der Waals surface area (Å²) >= 11 is 0. The topological polar surface area (TPSA) is 26.3 Å². The second kappa shape index (κ2) is 3.05. The third-order valence-corrected chi connectivity index (χ3v) is 1.99. The van der Waals surface area contributed by atoms with E-state index in [9.17, 15) is 4.79 Å². The summed E-state index contributed by atoms with van der Waals surface area (Å²) in [6.45, 7) is 2.24. The number of esters is 1. The van der Waals surface area contributed by atoms with Crippen LogP contribution in [0.5, 0.6) is 0 Å². The maximum absolute atomic E-state index is 11.3. The van der Waals surface area contributed by atoms with E-state index in [2.05, 4.69) is 0 Å². The molecule has 2 rings (SSSR count). The molecule has 2 aliphatic rings. The van der Waals surface area contributed by atoms with E-state index in [-0.39, 0.29) is 5.97 Å². The minimum atomic E-state index is -0.205. The first kappa shape index (κ1) is 8.05. The lowest BCUT2D eigenvalue weighted by Crippen LogP contribution is -2.01. The van der Waals surface area contributed by atoms with E-state index >= 15 is 0 Å². The van der Waals surface area contributed by atoms with Crippen LogP contribution in [0, 0.1) is 0 Å².